The molecule has 1 amide bonds. The Balaban J connectivity index is 1.28. The number of amides is 1. The number of hydrogen-bond acceptors (Lipinski definition) is 4. The average Bonchev–Trinajstić information content (AvgIpc) is 3.24. The number of carbonyl (C=O) groups excluding carboxylic acids is 1. The van der Waals surface area contributed by atoms with Crippen molar-refractivity contribution in [3.63, 3.8) is 0 Å². The number of nitrogens with zero attached hydrogens (tertiary/aromatic N) is 3. The summed E-state index contributed by atoms with van der Waals surface area (Å²) in [6.07, 6.45) is 8.30. The fraction of sp³-hybridized carbons (Fsp3) is 0.296. The van der Waals surface area contributed by atoms with E-state index in [2.05, 4.69) is 49.7 Å². The molecular formula is C27H27N5O. The highest BCUT2D eigenvalue weighted by Gasteiger charge is 2.46. The molecule has 4 aromatic rings. The number of likely N-dealkylation sites (tertiary alicyclic amines) is 1. The van der Waals surface area contributed by atoms with Gasteiger partial charge in [-0.3, -0.25) is 19.8 Å². The molecule has 6 rings (SSSR count). The van der Waals surface area contributed by atoms with Crippen molar-refractivity contribution in [1.29, 1.82) is 0 Å². The standard InChI is InChI=1S/C27H27N5O/c33-26(29-27(10-11-27)22-6-2-1-3-7-22)25-23-15-20(8-9-24(23)30-31-25)21-14-19(16-28-17-21)18-32-12-4-5-13-32/h1-3,6-9,14-17H,4-5,10-13,18H2,(H,29,33)(H,30,31). The maximum absolute atomic E-state index is 13.2. The fourth-order valence-electron chi connectivity index (χ4n) is 4.94. The van der Waals surface area contributed by atoms with Crippen LogP contribution in [0.25, 0.3) is 22.0 Å². The van der Waals surface area contributed by atoms with Crippen molar-refractivity contribution in [3.05, 3.63) is 83.8 Å². The van der Waals surface area contributed by atoms with E-state index in [0.29, 0.717) is 5.69 Å². The number of fused-ring (bicyclic) bond motifs is 1. The number of aromatic amines is 1. The highest BCUT2D eigenvalue weighted by Crippen LogP contribution is 2.45. The zero-order valence-corrected chi connectivity index (χ0v) is 18.6. The van der Waals surface area contributed by atoms with Crippen LogP contribution in [0.5, 0.6) is 0 Å². The molecule has 166 valence electrons. The molecule has 0 unspecified atom stereocenters. The Morgan fingerprint density at radius 1 is 1.00 bits per heavy atom. The molecule has 1 aliphatic carbocycles. The summed E-state index contributed by atoms with van der Waals surface area (Å²) in [5.74, 6) is -0.138. The predicted octanol–water partition coefficient (Wildman–Crippen LogP) is 4.64. The van der Waals surface area contributed by atoms with Crippen molar-refractivity contribution in [2.24, 2.45) is 0 Å². The zero-order chi connectivity index (χ0) is 22.3. The van der Waals surface area contributed by atoms with Crippen LogP contribution >= 0.6 is 0 Å². The van der Waals surface area contributed by atoms with Crippen molar-refractivity contribution < 1.29 is 4.79 Å². The first kappa shape index (κ1) is 20.1. The number of hydrogen-bond donors (Lipinski definition) is 2. The Morgan fingerprint density at radius 2 is 1.82 bits per heavy atom. The lowest BCUT2D eigenvalue weighted by atomic mass is 10.0. The minimum Gasteiger partial charge on any atom is -0.341 e. The highest BCUT2D eigenvalue weighted by atomic mass is 16.2. The molecule has 2 aromatic carbocycles. The second kappa shape index (κ2) is 8.12. The van der Waals surface area contributed by atoms with Crippen LogP contribution in [0.3, 0.4) is 0 Å². The van der Waals surface area contributed by atoms with Gasteiger partial charge in [0.1, 0.15) is 0 Å². The Morgan fingerprint density at radius 3 is 2.61 bits per heavy atom. The van der Waals surface area contributed by atoms with Crippen LogP contribution in [0.2, 0.25) is 0 Å². The lowest BCUT2D eigenvalue weighted by molar-refractivity contribution is 0.0927. The molecule has 0 spiro atoms. The smallest absolute Gasteiger partial charge is 0.273 e. The highest BCUT2D eigenvalue weighted by molar-refractivity contribution is 6.06. The molecule has 1 aliphatic heterocycles. The van der Waals surface area contributed by atoms with E-state index in [0.717, 1.165) is 60.1 Å². The van der Waals surface area contributed by atoms with E-state index in [-0.39, 0.29) is 11.4 Å². The molecular weight excluding hydrogens is 410 g/mol. The van der Waals surface area contributed by atoms with E-state index in [4.69, 9.17) is 0 Å². The normalized spacial score (nSPS) is 17.3. The monoisotopic (exact) mass is 437 g/mol. The van der Waals surface area contributed by atoms with Gasteiger partial charge in [-0.25, -0.2) is 0 Å². The van der Waals surface area contributed by atoms with Gasteiger partial charge in [-0.05, 0) is 73.7 Å². The fourth-order valence-corrected chi connectivity index (χ4v) is 4.94. The van der Waals surface area contributed by atoms with E-state index in [1.807, 2.05) is 42.7 Å². The first-order valence-electron chi connectivity index (χ1n) is 11.7. The third-order valence-electron chi connectivity index (χ3n) is 6.94. The van der Waals surface area contributed by atoms with Gasteiger partial charge in [-0.2, -0.15) is 5.10 Å². The summed E-state index contributed by atoms with van der Waals surface area (Å²) in [6, 6.07) is 18.5. The number of rotatable bonds is 6. The van der Waals surface area contributed by atoms with Crippen molar-refractivity contribution >= 4 is 16.8 Å². The van der Waals surface area contributed by atoms with Crippen molar-refractivity contribution in [2.45, 2.75) is 37.8 Å². The van der Waals surface area contributed by atoms with Crippen LogP contribution in [-0.2, 0) is 12.1 Å². The molecule has 33 heavy (non-hydrogen) atoms. The summed E-state index contributed by atoms with van der Waals surface area (Å²) in [4.78, 5) is 20.2. The summed E-state index contributed by atoms with van der Waals surface area (Å²) >= 11 is 0. The minimum atomic E-state index is -0.269. The first-order chi connectivity index (χ1) is 16.2. The van der Waals surface area contributed by atoms with Gasteiger partial charge in [0.2, 0.25) is 0 Å². The predicted molar refractivity (Wildman–Crippen MR) is 129 cm³/mol. The van der Waals surface area contributed by atoms with Gasteiger partial charge in [-0.15, -0.1) is 0 Å². The van der Waals surface area contributed by atoms with E-state index in [1.54, 1.807) is 0 Å². The summed E-state index contributed by atoms with van der Waals surface area (Å²) in [5, 5.41) is 11.5. The number of pyridine rings is 1. The molecule has 2 fully saturated rings. The van der Waals surface area contributed by atoms with Gasteiger partial charge in [0.05, 0.1) is 11.1 Å². The Hall–Kier alpha value is -3.51. The Labute approximate surface area is 193 Å². The molecule has 2 aromatic heterocycles. The van der Waals surface area contributed by atoms with Crippen LogP contribution in [0.4, 0.5) is 0 Å². The number of aromatic nitrogens is 3. The van der Waals surface area contributed by atoms with Gasteiger partial charge >= 0.3 is 0 Å². The average molecular weight is 438 g/mol. The van der Waals surface area contributed by atoms with Gasteiger partial charge in [0.25, 0.3) is 5.91 Å². The number of nitrogens with one attached hydrogen (secondary N) is 2. The van der Waals surface area contributed by atoms with Gasteiger partial charge < -0.3 is 5.32 Å². The van der Waals surface area contributed by atoms with E-state index >= 15 is 0 Å². The zero-order valence-electron chi connectivity index (χ0n) is 18.6. The molecule has 3 heterocycles. The molecule has 1 saturated carbocycles. The SMILES string of the molecule is O=C(NC1(c2ccccc2)CC1)c1n[nH]c2ccc(-c3cncc(CN4CCCC4)c3)cc12. The minimum absolute atomic E-state index is 0.138. The van der Waals surface area contributed by atoms with Gasteiger partial charge in [0, 0.05) is 29.9 Å². The Bertz CT molecular complexity index is 1300. The third kappa shape index (κ3) is 3.91. The van der Waals surface area contributed by atoms with Crippen LogP contribution in [0, 0.1) is 0 Å². The molecule has 6 nitrogen and oxygen atoms in total. The number of H-pyrrole nitrogens is 1. The molecule has 0 bridgehead atoms. The van der Waals surface area contributed by atoms with E-state index in [9.17, 15) is 4.79 Å². The van der Waals surface area contributed by atoms with E-state index < -0.39 is 0 Å². The molecule has 2 N–H and O–H groups in total. The van der Waals surface area contributed by atoms with Gasteiger partial charge in [0.15, 0.2) is 5.69 Å². The van der Waals surface area contributed by atoms with Crippen LogP contribution in [0.15, 0.2) is 67.0 Å². The van der Waals surface area contributed by atoms with Crippen LogP contribution < -0.4 is 5.32 Å². The Kier molecular flexibility index (Phi) is 4.95. The van der Waals surface area contributed by atoms with Crippen molar-refractivity contribution in [2.75, 3.05) is 13.1 Å². The van der Waals surface area contributed by atoms with Crippen molar-refractivity contribution in [3.8, 4) is 11.1 Å². The topological polar surface area (TPSA) is 73.9 Å². The second-order valence-corrected chi connectivity index (χ2v) is 9.30. The summed E-state index contributed by atoms with van der Waals surface area (Å²) in [6.45, 7) is 3.26. The van der Waals surface area contributed by atoms with Crippen LogP contribution in [0.1, 0.15) is 47.3 Å². The van der Waals surface area contributed by atoms with Crippen molar-refractivity contribution in [1.82, 2.24) is 25.4 Å². The summed E-state index contributed by atoms with van der Waals surface area (Å²) in [7, 11) is 0. The first-order valence-corrected chi connectivity index (χ1v) is 11.7. The van der Waals surface area contributed by atoms with E-state index in [1.165, 1.54) is 18.4 Å². The molecule has 1 saturated heterocycles. The summed E-state index contributed by atoms with van der Waals surface area (Å²) in [5.41, 5.74) is 5.50. The van der Waals surface area contributed by atoms with Gasteiger partial charge in [-0.1, -0.05) is 36.4 Å². The maximum atomic E-state index is 13.2. The second-order valence-electron chi connectivity index (χ2n) is 9.30. The summed E-state index contributed by atoms with van der Waals surface area (Å²) < 4.78 is 0. The molecule has 0 atom stereocenters. The third-order valence-corrected chi connectivity index (χ3v) is 6.94. The van der Waals surface area contributed by atoms with Crippen LogP contribution in [-0.4, -0.2) is 39.1 Å². The molecule has 2 aliphatic rings. The number of carbonyl (C=O) groups is 1. The lowest BCUT2D eigenvalue weighted by Crippen LogP contribution is -2.35. The molecule has 6 heteroatoms. The maximum Gasteiger partial charge on any atom is 0.273 e. The molecule has 0 radical (unpaired) electrons. The lowest BCUT2D eigenvalue weighted by Gasteiger charge is -2.17. The number of benzene rings is 2. The largest absolute Gasteiger partial charge is 0.341 e. The quantitative estimate of drug-likeness (QED) is 0.461.